The van der Waals surface area contributed by atoms with Crippen LogP contribution in [-0.4, -0.2) is 9.97 Å². The van der Waals surface area contributed by atoms with Gasteiger partial charge in [-0.2, -0.15) is 5.26 Å². The number of halogens is 2. The van der Waals surface area contributed by atoms with Gasteiger partial charge in [0, 0.05) is 15.6 Å². The normalized spacial score (nSPS) is 16.5. The second kappa shape index (κ2) is 5.50. The molecule has 0 aliphatic carbocycles. The summed E-state index contributed by atoms with van der Waals surface area (Å²) in [5, 5.41) is 9.91. The van der Waals surface area contributed by atoms with E-state index in [9.17, 15) is 14.9 Å². The Kier molecular flexibility index (Phi) is 3.64. The molecule has 1 aliphatic heterocycles. The highest BCUT2D eigenvalue weighted by Gasteiger charge is 2.36. The largest absolute Gasteiger partial charge is 0.424 e. The maximum atomic E-state index is 12.2. The van der Waals surface area contributed by atoms with E-state index in [0.717, 1.165) is 0 Å². The van der Waals surface area contributed by atoms with Crippen LogP contribution in [0.2, 0.25) is 10.0 Å². The Labute approximate surface area is 138 Å². The number of H-pyrrole nitrogens is 2. The molecule has 0 saturated heterocycles. The quantitative estimate of drug-likeness (QED) is 0.720. The van der Waals surface area contributed by atoms with Crippen molar-refractivity contribution in [1.82, 2.24) is 9.97 Å². The van der Waals surface area contributed by atoms with Gasteiger partial charge in [-0.3, -0.25) is 14.8 Å². The summed E-state index contributed by atoms with van der Waals surface area (Å²) in [6.45, 7) is 0. The average molecular weight is 351 g/mol. The third kappa shape index (κ3) is 2.38. The molecular weight excluding hydrogens is 343 g/mol. The number of nitrogens with zero attached hydrogens (tertiary/aromatic N) is 1. The zero-order valence-electron chi connectivity index (χ0n) is 11.3. The molecule has 116 valence electrons. The smallest absolute Gasteiger partial charge is 0.328 e. The number of hydrogen-bond donors (Lipinski definition) is 3. The maximum absolute atomic E-state index is 12.2. The lowest BCUT2D eigenvalue weighted by molar-refractivity contribution is 0.373. The van der Waals surface area contributed by atoms with Crippen LogP contribution in [0.15, 0.2) is 39.2 Å². The Morgan fingerprint density at radius 1 is 1.17 bits per heavy atom. The number of allylic oxidation sites excluding steroid dienone is 1. The Bertz CT molecular complexity index is 980. The van der Waals surface area contributed by atoms with Gasteiger partial charge < -0.3 is 10.5 Å². The first-order valence-corrected chi connectivity index (χ1v) is 7.07. The van der Waals surface area contributed by atoms with Crippen molar-refractivity contribution in [3.8, 4) is 11.9 Å². The van der Waals surface area contributed by atoms with Gasteiger partial charge in [-0.05, 0) is 12.1 Å². The van der Waals surface area contributed by atoms with Crippen LogP contribution >= 0.6 is 23.2 Å². The minimum absolute atomic E-state index is 0.00495. The molecule has 0 bridgehead atoms. The van der Waals surface area contributed by atoms with Gasteiger partial charge in [-0.15, -0.1) is 0 Å². The van der Waals surface area contributed by atoms with E-state index in [-0.39, 0.29) is 32.9 Å². The maximum Gasteiger partial charge on any atom is 0.328 e. The summed E-state index contributed by atoms with van der Waals surface area (Å²) < 4.78 is 5.20. The first-order chi connectivity index (χ1) is 10.9. The van der Waals surface area contributed by atoms with E-state index >= 15 is 0 Å². The first-order valence-electron chi connectivity index (χ1n) is 6.32. The fourth-order valence-corrected chi connectivity index (χ4v) is 3.08. The molecule has 0 amide bonds. The number of fused-ring (bicyclic) bond motifs is 1. The van der Waals surface area contributed by atoms with E-state index < -0.39 is 17.2 Å². The standard InChI is InChI=1S/C14H8Cl2N4O3/c15-6-2-1-3-7(16)9(6)8-5(4-17)11(18)23-13-10(8)12(21)19-14(22)20-13/h1-3,8H,18H2,(H2,19,20,21,22)/t8-/m0/s1. The molecule has 1 aromatic carbocycles. The molecular formula is C14H8Cl2N4O3. The SMILES string of the molecule is N#CC1=C(N)Oc2[nH]c(=O)[nH]c(=O)c2[C@@H]1c1c(Cl)cccc1Cl. The van der Waals surface area contributed by atoms with Crippen LogP contribution in [0, 0.1) is 11.3 Å². The fourth-order valence-electron chi connectivity index (χ4n) is 2.46. The van der Waals surface area contributed by atoms with Crippen molar-refractivity contribution in [1.29, 1.82) is 5.26 Å². The second-order valence-electron chi connectivity index (χ2n) is 4.71. The van der Waals surface area contributed by atoms with E-state index in [4.69, 9.17) is 33.7 Å². The van der Waals surface area contributed by atoms with E-state index in [2.05, 4.69) is 9.97 Å². The predicted octanol–water partition coefficient (Wildman–Crippen LogP) is 1.59. The van der Waals surface area contributed by atoms with Crippen LogP contribution in [0.5, 0.6) is 5.88 Å². The van der Waals surface area contributed by atoms with Crippen molar-refractivity contribution < 1.29 is 4.74 Å². The summed E-state index contributed by atoms with van der Waals surface area (Å²) in [7, 11) is 0. The molecule has 0 radical (unpaired) electrons. The van der Waals surface area contributed by atoms with Crippen LogP contribution in [0.3, 0.4) is 0 Å². The van der Waals surface area contributed by atoms with Crippen molar-refractivity contribution in [3.05, 3.63) is 71.7 Å². The highest BCUT2D eigenvalue weighted by molar-refractivity contribution is 6.36. The zero-order chi connectivity index (χ0) is 16.7. The van der Waals surface area contributed by atoms with Crippen molar-refractivity contribution in [2.24, 2.45) is 5.73 Å². The summed E-state index contributed by atoms with van der Waals surface area (Å²) in [5.74, 6) is -1.33. The van der Waals surface area contributed by atoms with Gasteiger partial charge in [0.05, 0.1) is 11.5 Å². The molecule has 0 unspecified atom stereocenters. The van der Waals surface area contributed by atoms with Crippen molar-refractivity contribution in [3.63, 3.8) is 0 Å². The van der Waals surface area contributed by atoms with E-state index in [1.165, 1.54) is 0 Å². The molecule has 4 N–H and O–H groups in total. The number of rotatable bonds is 1. The van der Waals surface area contributed by atoms with E-state index in [1.54, 1.807) is 18.2 Å². The van der Waals surface area contributed by atoms with Crippen LogP contribution in [0.4, 0.5) is 0 Å². The van der Waals surface area contributed by atoms with E-state index in [0.29, 0.717) is 5.56 Å². The molecule has 2 heterocycles. The number of aromatic nitrogens is 2. The molecule has 9 heteroatoms. The lowest BCUT2D eigenvalue weighted by Gasteiger charge is -2.25. The number of nitrogens with two attached hydrogens (primary N) is 1. The lowest BCUT2D eigenvalue weighted by Crippen LogP contribution is -2.33. The minimum atomic E-state index is -0.953. The third-order valence-corrected chi connectivity index (χ3v) is 4.07. The highest BCUT2D eigenvalue weighted by Crippen LogP contribution is 2.43. The zero-order valence-corrected chi connectivity index (χ0v) is 12.8. The summed E-state index contributed by atoms with van der Waals surface area (Å²) in [6.07, 6.45) is 0. The van der Waals surface area contributed by atoms with Gasteiger partial charge in [0.1, 0.15) is 11.6 Å². The molecule has 1 aliphatic rings. The average Bonchev–Trinajstić information content (AvgIpc) is 2.46. The number of nitriles is 1. The minimum Gasteiger partial charge on any atom is -0.424 e. The Balaban J connectivity index is 2.42. The van der Waals surface area contributed by atoms with Crippen molar-refractivity contribution >= 4 is 23.2 Å². The molecule has 1 aromatic heterocycles. The van der Waals surface area contributed by atoms with Crippen LogP contribution in [0.25, 0.3) is 0 Å². The fraction of sp³-hybridized carbons (Fsp3) is 0.0714. The second-order valence-corrected chi connectivity index (χ2v) is 5.53. The monoisotopic (exact) mass is 350 g/mol. The summed E-state index contributed by atoms with van der Waals surface area (Å²) in [5.41, 5.74) is 4.58. The Morgan fingerprint density at radius 2 is 1.83 bits per heavy atom. The summed E-state index contributed by atoms with van der Waals surface area (Å²) in [4.78, 5) is 28.1. The molecule has 0 fully saturated rings. The number of benzene rings is 1. The summed E-state index contributed by atoms with van der Waals surface area (Å²) in [6, 6.07) is 6.68. The van der Waals surface area contributed by atoms with Gasteiger partial charge >= 0.3 is 5.69 Å². The number of aromatic amines is 2. The topological polar surface area (TPSA) is 125 Å². The molecule has 7 nitrogen and oxygen atoms in total. The molecule has 0 saturated carbocycles. The molecule has 2 aromatic rings. The Morgan fingerprint density at radius 3 is 2.43 bits per heavy atom. The number of hydrogen-bond acceptors (Lipinski definition) is 5. The van der Waals surface area contributed by atoms with Crippen LogP contribution in [-0.2, 0) is 0 Å². The number of nitrogens with one attached hydrogen (secondary N) is 2. The molecule has 23 heavy (non-hydrogen) atoms. The number of ether oxygens (including phenoxy) is 1. The highest BCUT2D eigenvalue weighted by atomic mass is 35.5. The first kappa shape index (κ1) is 15.2. The van der Waals surface area contributed by atoms with Crippen molar-refractivity contribution in [2.75, 3.05) is 0 Å². The van der Waals surface area contributed by atoms with Crippen LogP contribution in [0.1, 0.15) is 17.0 Å². The Hall–Kier alpha value is -2.69. The molecule has 0 spiro atoms. The van der Waals surface area contributed by atoms with E-state index in [1.807, 2.05) is 6.07 Å². The van der Waals surface area contributed by atoms with Gasteiger partial charge in [-0.25, -0.2) is 4.79 Å². The van der Waals surface area contributed by atoms with Gasteiger partial charge in [0.15, 0.2) is 0 Å². The molecule has 3 rings (SSSR count). The van der Waals surface area contributed by atoms with Gasteiger partial charge in [-0.1, -0.05) is 29.3 Å². The van der Waals surface area contributed by atoms with Crippen molar-refractivity contribution in [2.45, 2.75) is 5.92 Å². The molecule has 1 atom stereocenters. The predicted molar refractivity (Wildman–Crippen MR) is 83.4 cm³/mol. The third-order valence-electron chi connectivity index (χ3n) is 3.41. The van der Waals surface area contributed by atoms with Gasteiger partial charge in [0.2, 0.25) is 11.8 Å². The summed E-state index contributed by atoms with van der Waals surface area (Å²) >= 11 is 12.4. The lowest BCUT2D eigenvalue weighted by atomic mass is 9.85. The van der Waals surface area contributed by atoms with Crippen LogP contribution < -0.4 is 21.7 Å². The van der Waals surface area contributed by atoms with Gasteiger partial charge in [0.25, 0.3) is 5.56 Å².